The molecule has 4 nitrogen and oxygen atoms in total. The van der Waals surface area contributed by atoms with Crippen molar-refractivity contribution < 1.29 is 4.74 Å². The van der Waals surface area contributed by atoms with E-state index < -0.39 is 0 Å². The maximum atomic E-state index is 5.15. The van der Waals surface area contributed by atoms with Crippen LogP contribution in [0.25, 0.3) is 10.9 Å². The van der Waals surface area contributed by atoms with Crippen molar-refractivity contribution in [3.63, 3.8) is 0 Å². The Hall–Kier alpha value is -1.68. The molecule has 1 N–H and O–H groups in total. The smallest absolute Gasteiger partial charge is 0.130 e. The van der Waals surface area contributed by atoms with Gasteiger partial charge in [0.15, 0.2) is 0 Å². The average Bonchev–Trinajstić information content (AvgIpc) is 2.35. The van der Waals surface area contributed by atoms with E-state index >= 15 is 0 Å². The lowest BCUT2D eigenvalue weighted by atomic mass is 10.2. The monoisotopic (exact) mass is 217 g/mol. The van der Waals surface area contributed by atoms with Crippen molar-refractivity contribution in [2.45, 2.75) is 6.42 Å². The Morgan fingerprint density at radius 3 is 3.00 bits per heavy atom. The molecule has 0 spiro atoms. The zero-order chi connectivity index (χ0) is 11.4. The maximum Gasteiger partial charge on any atom is 0.130 e. The Morgan fingerprint density at radius 2 is 2.25 bits per heavy atom. The molecule has 0 bridgehead atoms. The molecule has 0 unspecified atom stereocenters. The van der Waals surface area contributed by atoms with Gasteiger partial charge in [-0.3, -0.25) is 0 Å². The molecule has 84 valence electrons. The number of benzene rings is 1. The minimum atomic E-state index is 0.832. The lowest BCUT2D eigenvalue weighted by Gasteiger charge is -2.03. The van der Waals surface area contributed by atoms with E-state index in [9.17, 15) is 0 Å². The Kier molecular flexibility index (Phi) is 3.31. The fraction of sp³-hybridized carbons (Fsp3) is 0.333. The van der Waals surface area contributed by atoms with Crippen LogP contribution in [0.3, 0.4) is 0 Å². The molecule has 1 aromatic heterocycles. The van der Waals surface area contributed by atoms with E-state index in [1.807, 2.05) is 31.4 Å². The fourth-order valence-corrected chi connectivity index (χ4v) is 1.53. The minimum Gasteiger partial charge on any atom is -0.497 e. The summed E-state index contributed by atoms with van der Waals surface area (Å²) in [6.45, 7) is 0.891. The molecule has 4 heteroatoms. The highest BCUT2D eigenvalue weighted by molar-refractivity contribution is 5.79. The number of hydrogen-bond acceptors (Lipinski definition) is 4. The first kappa shape index (κ1) is 10.8. The summed E-state index contributed by atoms with van der Waals surface area (Å²) in [4.78, 5) is 8.79. The third-order valence-corrected chi connectivity index (χ3v) is 2.44. The molecule has 0 aliphatic carbocycles. The molecule has 0 amide bonds. The van der Waals surface area contributed by atoms with Crippen LogP contribution in [0.2, 0.25) is 0 Å². The number of rotatable bonds is 4. The molecule has 1 heterocycles. The lowest BCUT2D eigenvalue weighted by Crippen LogP contribution is -2.12. The van der Waals surface area contributed by atoms with Crippen LogP contribution >= 0.6 is 0 Å². The Balaban J connectivity index is 2.32. The predicted octanol–water partition coefficient (Wildman–Crippen LogP) is 1.40. The number of ether oxygens (including phenoxy) is 1. The predicted molar refractivity (Wildman–Crippen MR) is 63.7 cm³/mol. The number of nitrogens with zero attached hydrogens (tertiary/aromatic N) is 2. The van der Waals surface area contributed by atoms with Crippen LogP contribution in [-0.2, 0) is 6.42 Å². The average molecular weight is 217 g/mol. The molecule has 0 saturated carbocycles. The standard InChI is InChI=1S/C12H15N3O/c1-13-6-5-12-14-8-9-7-10(16-2)3-4-11(9)15-12/h3-4,7-8,13H,5-6H2,1-2H3. The Labute approximate surface area is 94.7 Å². The van der Waals surface area contributed by atoms with Crippen LogP contribution in [0, 0.1) is 0 Å². The highest BCUT2D eigenvalue weighted by Crippen LogP contribution is 2.18. The SMILES string of the molecule is CNCCc1ncc2cc(OC)ccc2n1. The second kappa shape index (κ2) is 4.90. The van der Waals surface area contributed by atoms with E-state index in [-0.39, 0.29) is 0 Å². The third-order valence-electron chi connectivity index (χ3n) is 2.44. The van der Waals surface area contributed by atoms with Crippen LogP contribution in [0.4, 0.5) is 0 Å². The highest BCUT2D eigenvalue weighted by Gasteiger charge is 2.01. The molecule has 2 rings (SSSR count). The molecular weight excluding hydrogens is 202 g/mol. The third kappa shape index (κ3) is 2.28. The summed E-state index contributed by atoms with van der Waals surface area (Å²) >= 11 is 0. The summed E-state index contributed by atoms with van der Waals surface area (Å²) in [6.07, 6.45) is 2.69. The Bertz CT molecular complexity index is 485. The van der Waals surface area contributed by atoms with Gasteiger partial charge < -0.3 is 10.1 Å². The van der Waals surface area contributed by atoms with Crippen molar-refractivity contribution in [1.82, 2.24) is 15.3 Å². The maximum absolute atomic E-state index is 5.15. The quantitative estimate of drug-likeness (QED) is 0.841. The molecule has 0 radical (unpaired) electrons. The molecule has 16 heavy (non-hydrogen) atoms. The molecule has 0 atom stereocenters. The molecule has 2 aromatic rings. The zero-order valence-corrected chi connectivity index (χ0v) is 9.53. The molecule has 0 fully saturated rings. The van der Waals surface area contributed by atoms with Crippen molar-refractivity contribution in [2.24, 2.45) is 0 Å². The highest BCUT2D eigenvalue weighted by atomic mass is 16.5. The van der Waals surface area contributed by atoms with E-state index in [4.69, 9.17) is 4.74 Å². The minimum absolute atomic E-state index is 0.832. The Morgan fingerprint density at radius 1 is 1.38 bits per heavy atom. The van der Waals surface area contributed by atoms with Gasteiger partial charge in [0.1, 0.15) is 11.6 Å². The summed E-state index contributed by atoms with van der Waals surface area (Å²) in [5.74, 6) is 1.70. The molecule has 0 aliphatic heterocycles. The van der Waals surface area contributed by atoms with Crippen LogP contribution in [0.15, 0.2) is 24.4 Å². The summed E-state index contributed by atoms with van der Waals surface area (Å²) in [7, 11) is 3.58. The van der Waals surface area contributed by atoms with Gasteiger partial charge in [0.25, 0.3) is 0 Å². The first-order valence-electron chi connectivity index (χ1n) is 5.28. The largest absolute Gasteiger partial charge is 0.497 e. The number of aromatic nitrogens is 2. The van der Waals surface area contributed by atoms with Gasteiger partial charge in [0, 0.05) is 24.5 Å². The van der Waals surface area contributed by atoms with Crippen molar-refractivity contribution in [1.29, 1.82) is 0 Å². The lowest BCUT2D eigenvalue weighted by molar-refractivity contribution is 0.415. The van der Waals surface area contributed by atoms with Gasteiger partial charge in [-0.05, 0) is 25.2 Å². The van der Waals surface area contributed by atoms with Gasteiger partial charge >= 0.3 is 0 Å². The molecule has 0 saturated heterocycles. The van der Waals surface area contributed by atoms with Gasteiger partial charge in [-0.1, -0.05) is 0 Å². The van der Waals surface area contributed by atoms with Gasteiger partial charge in [0.05, 0.1) is 12.6 Å². The van der Waals surface area contributed by atoms with Crippen molar-refractivity contribution in [3.05, 3.63) is 30.2 Å². The number of likely N-dealkylation sites (N-methyl/N-ethyl adjacent to an activating group) is 1. The van der Waals surface area contributed by atoms with Crippen LogP contribution < -0.4 is 10.1 Å². The first-order valence-corrected chi connectivity index (χ1v) is 5.28. The van der Waals surface area contributed by atoms with Crippen molar-refractivity contribution in [2.75, 3.05) is 20.7 Å². The number of hydrogen-bond donors (Lipinski definition) is 1. The number of nitrogens with one attached hydrogen (secondary N) is 1. The summed E-state index contributed by atoms with van der Waals surface area (Å²) < 4.78 is 5.15. The summed E-state index contributed by atoms with van der Waals surface area (Å²) in [5, 5.41) is 4.09. The molecular formula is C12H15N3O. The van der Waals surface area contributed by atoms with E-state index in [2.05, 4.69) is 15.3 Å². The zero-order valence-electron chi connectivity index (χ0n) is 9.53. The van der Waals surface area contributed by atoms with Crippen LogP contribution in [0.5, 0.6) is 5.75 Å². The van der Waals surface area contributed by atoms with E-state index in [1.54, 1.807) is 7.11 Å². The van der Waals surface area contributed by atoms with Gasteiger partial charge in [0.2, 0.25) is 0 Å². The topological polar surface area (TPSA) is 47.0 Å². The summed E-state index contributed by atoms with van der Waals surface area (Å²) in [5.41, 5.74) is 0.960. The van der Waals surface area contributed by atoms with Crippen LogP contribution in [-0.4, -0.2) is 30.7 Å². The normalized spacial score (nSPS) is 10.6. The molecule has 0 aliphatic rings. The number of methoxy groups -OCH3 is 1. The van der Waals surface area contributed by atoms with Gasteiger partial charge in [-0.25, -0.2) is 9.97 Å². The van der Waals surface area contributed by atoms with Crippen LogP contribution in [0.1, 0.15) is 5.82 Å². The summed E-state index contributed by atoms with van der Waals surface area (Å²) in [6, 6.07) is 5.81. The fourth-order valence-electron chi connectivity index (χ4n) is 1.53. The van der Waals surface area contributed by atoms with E-state index in [0.717, 1.165) is 35.4 Å². The van der Waals surface area contributed by atoms with Gasteiger partial charge in [-0.2, -0.15) is 0 Å². The van der Waals surface area contributed by atoms with Crippen molar-refractivity contribution >= 4 is 10.9 Å². The second-order valence-corrected chi connectivity index (χ2v) is 3.56. The van der Waals surface area contributed by atoms with E-state index in [1.165, 1.54) is 0 Å². The van der Waals surface area contributed by atoms with E-state index in [0.29, 0.717) is 0 Å². The van der Waals surface area contributed by atoms with Crippen molar-refractivity contribution in [3.8, 4) is 5.75 Å². The second-order valence-electron chi connectivity index (χ2n) is 3.56. The van der Waals surface area contributed by atoms with Gasteiger partial charge in [-0.15, -0.1) is 0 Å². The first-order chi connectivity index (χ1) is 7.83. The number of fused-ring (bicyclic) bond motifs is 1. The molecule has 1 aromatic carbocycles.